The van der Waals surface area contributed by atoms with E-state index in [-0.39, 0.29) is 18.3 Å². The molecule has 0 spiro atoms. The first-order valence-electron chi connectivity index (χ1n) is 5.98. The summed E-state index contributed by atoms with van der Waals surface area (Å²) in [5, 5.41) is 13.5. The molecular weight excluding hydrogens is 233 g/mol. The van der Waals surface area contributed by atoms with Gasteiger partial charge in [0.05, 0.1) is 6.61 Å². The number of rotatable bonds is 5. The van der Waals surface area contributed by atoms with Crippen LogP contribution in [0.4, 0.5) is 4.39 Å². The summed E-state index contributed by atoms with van der Waals surface area (Å²) in [5.74, 6) is 0.180. The maximum Gasteiger partial charge on any atom is 0.138 e. The third kappa shape index (κ3) is 2.56. The summed E-state index contributed by atoms with van der Waals surface area (Å²) in [7, 11) is 0. The second-order valence-electron chi connectivity index (χ2n) is 4.10. The standard InChI is InChI=1S/C13H16FN3O/c1-2-17-13(15-9-16-17)7-10(8-18)11-5-3-4-6-12(11)14/h3-6,9-10,18H,2,7-8H2,1H3. The summed E-state index contributed by atoms with van der Waals surface area (Å²) in [6.45, 7) is 2.57. The van der Waals surface area contributed by atoms with E-state index in [2.05, 4.69) is 10.1 Å². The van der Waals surface area contributed by atoms with Crippen LogP contribution in [-0.2, 0) is 13.0 Å². The fourth-order valence-electron chi connectivity index (χ4n) is 2.01. The molecule has 1 N–H and O–H groups in total. The summed E-state index contributed by atoms with van der Waals surface area (Å²) in [6.07, 6.45) is 1.96. The molecule has 2 rings (SSSR count). The Morgan fingerprint density at radius 3 is 2.83 bits per heavy atom. The molecule has 96 valence electrons. The molecule has 0 radical (unpaired) electrons. The molecule has 1 aromatic heterocycles. The predicted molar refractivity (Wildman–Crippen MR) is 65.6 cm³/mol. The van der Waals surface area contributed by atoms with E-state index >= 15 is 0 Å². The Morgan fingerprint density at radius 1 is 1.39 bits per heavy atom. The molecule has 4 nitrogen and oxygen atoms in total. The minimum atomic E-state index is -0.292. The van der Waals surface area contributed by atoms with Crippen molar-refractivity contribution in [1.29, 1.82) is 0 Å². The normalized spacial score (nSPS) is 12.6. The van der Waals surface area contributed by atoms with Crippen molar-refractivity contribution < 1.29 is 9.50 Å². The van der Waals surface area contributed by atoms with Crippen LogP contribution in [0.2, 0.25) is 0 Å². The fourth-order valence-corrected chi connectivity index (χ4v) is 2.01. The molecule has 0 aliphatic heterocycles. The zero-order valence-corrected chi connectivity index (χ0v) is 10.3. The van der Waals surface area contributed by atoms with Gasteiger partial charge in [0.25, 0.3) is 0 Å². The molecule has 1 heterocycles. The van der Waals surface area contributed by atoms with Crippen LogP contribution in [0, 0.1) is 5.82 Å². The quantitative estimate of drug-likeness (QED) is 0.878. The minimum Gasteiger partial charge on any atom is -0.396 e. The summed E-state index contributed by atoms with van der Waals surface area (Å²) < 4.78 is 15.4. The van der Waals surface area contributed by atoms with Gasteiger partial charge in [0.1, 0.15) is 18.0 Å². The number of nitrogens with zero attached hydrogens (tertiary/aromatic N) is 3. The van der Waals surface area contributed by atoms with Crippen molar-refractivity contribution in [3.8, 4) is 0 Å². The lowest BCUT2D eigenvalue weighted by molar-refractivity contribution is 0.259. The number of aliphatic hydroxyl groups is 1. The van der Waals surface area contributed by atoms with Crippen LogP contribution < -0.4 is 0 Å². The van der Waals surface area contributed by atoms with Crippen molar-refractivity contribution in [3.05, 3.63) is 47.8 Å². The van der Waals surface area contributed by atoms with Gasteiger partial charge in [0.2, 0.25) is 0 Å². The summed E-state index contributed by atoms with van der Waals surface area (Å²) in [5.41, 5.74) is 0.519. The molecule has 0 saturated heterocycles. The lowest BCUT2D eigenvalue weighted by Gasteiger charge is -2.15. The third-order valence-electron chi connectivity index (χ3n) is 2.99. The van der Waals surface area contributed by atoms with Crippen LogP contribution in [0.5, 0.6) is 0 Å². The van der Waals surface area contributed by atoms with Crippen molar-refractivity contribution in [1.82, 2.24) is 14.8 Å². The van der Waals surface area contributed by atoms with Crippen molar-refractivity contribution >= 4 is 0 Å². The zero-order chi connectivity index (χ0) is 13.0. The van der Waals surface area contributed by atoms with E-state index in [0.717, 1.165) is 5.82 Å². The first kappa shape index (κ1) is 12.7. The Balaban J connectivity index is 2.23. The van der Waals surface area contributed by atoms with Gasteiger partial charge in [-0.2, -0.15) is 5.10 Å². The molecule has 0 fully saturated rings. The molecule has 0 saturated carbocycles. The van der Waals surface area contributed by atoms with Crippen molar-refractivity contribution in [2.75, 3.05) is 6.61 Å². The van der Waals surface area contributed by atoms with Crippen molar-refractivity contribution in [2.24, 2.45) is 0 Å². The highest BCUT2D eigenvalue weighted by Gasteiger charge is 2.17. The van der Waals surface area contributed by atoms with E-state index in [9.17, 15) is 9.50 Å². The van der Waals surface area contributed by atoms with Gasteiger partial charge in [-0.15, -0.1) is 0 Å². The molecule has 0 bridgehead atoms. The first-order chi connectivity index (χ1) is 8.76. The summed E-state index contributed by atoms with van der Waals surface area (Å²) in [6, 6.07) is 6.51. The number of hydrogen-bond acceptors (Lipinski definition) is 3. The predicted octanol–water partition coefficient (Wildman–Crippen LogP) is 1.76. The number of halogens is 1. The lowest BCUT2D eigenvalue weighted by Crippen LogP contribution is -2.14. The van der Waals surface area contributed by atoms with Gasteiger partial charge in [-0.05, 0) is 18.6 Å². The van der Waals surface area contributed by atoms with Gasteiger partial charge in [0.15, 0.2) is 0 Å². The molecule has 1 aromatic carbocycles. The molecular formula is C13H16FN3O. The van der Waals surface area contributed by atoms with E-state index in [0.29, 0.717) is 18.5 Å². The zero-order valence-electron chi connectivity index (χ0n) is 10.3. The Labute approximate surface area is 105 Å². The Hall–Kier alpha value is -1.75. The van der Waals surface area contributed by atoms with Crippen molar-refractivity contribution in [3.63, 3.8) is 0 Å². The van der Waals surface area contributed by atoms with Crippen LogP contribution in [0.1, 0.15) is 24.2 Å². The molecule has 2 aromatic rings. The SMILES string of the molecule is CCn1ncnc1CC(CO)c1ccccc1F. The average molecular weight is 249 g/mol. The van der Waals surface area contributed by atoms with Gasteiger partial charge in [-0.25, -0.2) is 9.37 Å². The van der Waals surface area contributed by atoms with Gasteiger partial charge in [-0.1, -0.05) is 18.2 Å². The first-order valence-corrected chi connectivity index (χ1v) is 5.98. The highest BCUT2D eigenvalue weighted by Crippen LogP contribution is 2.22. The van der Waals surface area contributed by atoms with Gasteiger partial charge in [-0.3, -0.25) is 4.68 Å². The Bertz CT molecular complexity index is 512. The fraction of sp³-hybridized carbons (Fsp3) is 0.385. The summed E-state index contributed by atoms with van der Waals surface area (Å²) in [4.78, 5) is 4.15. The third-order valence-corrected chi connectivity index (χ3v) is 2.99. The van der Waals surface area contributed by atoms with Crippen LogP contribution in [0.3, 0.4) is 0 Å². The number of aromatic nitrogens is 3. The average Bonchev–Trinajstić information content (AvgIpc) is 2.84. The molecule has 0 aliphatic carbocycles. The molecule has 18 heavy (non-hydrogen) atoms. The molecule has 0 amide bonds. The number of benzene rings is 1. The van der Waals surface area contributed by atoms with Crippen LogP contribution >= 0.6 is 0 Å². The van der Waals surface area contributed by atoms with Gasteiger partial charge in [0, 0.05) is 18.9 Å². The van der Waals surface area contributed by atoms with Gasteiger partial charge < -0.3 is 5.11 Å². The number of aliphatic hydroxyl groups excluding tert-OH is 1. The Morgan fingerprint density at radius 2 is 2.17 bits per heavy atom. The topological polar surface area (TPSA) is 50.9 Å². The molecule has 1 atom stereocenters. The number of hydrogen-bond donors (Lipinski definition) is 1. The maximum absolute atomic E-state index is 13.7. The van der Waals surface area contributed by atoms with Crippen LogP contribution in [0.25, 0.3) is 0 Å². The molecule has 1 unspecified atom stereocenters. The van der Waals surface area contributed by atoms with E-state index in [1.807, 2.05) is 6.92 Å². The van der Waals surface area contributed by atoms with E-state index < -0.39 is 0 Å². The Kier molecular flexibility index (Phi) is 4.04. The van der Waals surface area contributed by atoms with E-state index in [1.54, 1.807) is 22.9 Å². The second kappa shape index (κ2) is 5.73. The molecule has 0 aliphatic rings. The van der Waals surface area contributed by atoms with E-state index in [4.69, 9.17) is 0 Å². The van der Waals surface area contributed by atoms with Crippen LogP contribution in [0.15, 0.2) is 30.6 Å². The van der Waals surface area contributed by atoms with E-state index in [1.165, 1.54) is 12.4 Å². The smallest absolute Gasteiger partial charge is 0.138 e. The maximum atomic E-state index is 13.7. The minimum absolute atomic E-state index is 0.114. The summed E-state index contributed by atoms with van der Waals surface area (Å²) >= 11 is 0. The van der Waals surface area contributed by atoms with Gasteiger partial charge >= 0.3 is 0 Å². The molecule has 5 heteroatoms. The highest BCUT2D eigenvalue weighted by atomic mass is 19.1. The highest BCUT2D eigenvalue weighted by molar-refractivity contribution is 5.22. The monoisotopic (exact) mass is 249 g/mol. The second-order valence-corrected chi connectivity index (χ2v) is 4.10. The largest absolute Gasteiger partial charge is 0.396 e. The van der Waals surface area contributed by atoms with Crippen molar-refractivity contribution in [2.45, 2.75) is 25.8 Å². The lowest BCUT2D eigenvalue weighted by atomic mass is 9.95. The number of aryl methyl sites for hydroxylation is 1. The van der Waals surface area contributed by atoms with Crippen LogP contribution in [-0.4, -0.2) is 26.5 Å².